The van der Waals surface area contributed by atoms with Crippen LogP contribution >= 0.6 is 0 Å². The second-order valence-electron chi connectivity index (χ2n) is 7.01. The molecule has 128 valence electrons. The van der Waals surface area contributed by atoms with Crippen molar-refractivity contribution < 1.29 is 4.79 Å². The summed E-state index contributed by atoms with van der Waals surface area (Å²) < 4.78 is 0. The Labute approximate surface area is 144 Å². The molecule has 1 aromatic carbocycles. The van der Waals surface area contributed by atoms with E-state index in [2.05, 4.69) is 36.0 Å². The zero-order valence-corrected chi connectivity index (χ0v) is 15.1. The van der Waals surface area contributed by atoms with Gasteiger partial charge in [-0.1, -0.05) is 20.3 Å². The van der Waals surface area contributed by atoms with Crippen molar-refractivity contribution in [2.45, 2.75) is 52.4 Å². The van der Waals surface area contributed by atoms with Crippen molar-refractivity contribution in [3.63, 3.8) is 0 Å². The molecule has 0 amide bonds. The maximum atomic E-state index is 12.9. The number of aryl methyl sites for hydroxylation is 1. The lowest BCUT2D eigenvalue weighted by atomic mass is 9.77. The number of pyridine rings is 1. The number of nitrogens with one attached hydrogen (secondary N) is 1. The Morgan fingerprint density at radius 1 is 1.17 bits per heavy atom. The molecule has 0 spiro atoms. The summed E-state index contributed by atoms with van der Waals surface area (Å²) in [6.07, 6.45) is 6.69. The Morgan fingerprint density at radius 2 is 1.92 bits per heavy atom. The number of hydrogen-bond acceptors (Lipinski definition) is 2. The van der Waals surface area contributed by atoms with Gasteiger partial charge >= 0.3 is 0 Å². The summed E-state index contributed by atoms with van der Waals surface area (Å²) in [4.78, 5) is 20.6. The molecule has 1 aromatic heterocycles. The SMILES string of the molecule is CCc1cc2cc(C(=O)C3CCC(CC)CC3)ccc2[nH]/c1=N\C. The molecule has 24 heavy (non-hydrogen) atoms. The molecule has 3 nitrogen and oxygen atoms in total. The average molecular weight is 324 g/mol. The summed E-state index contributed by atoms with van der Waals surface area (Å²) in [6, 6.07) is 8.21. The van der Waals surface area contributed by atoms with Gasteiger partial charge in [0.2, 0.25) is 0 Å². The van der Waals surface area contributed by atoms with Crippen molar-refractivity contribution in [1.82, 2.24) is 4.98 Å². The van der Waals surface area contributed by atoms with Gasteiger partial charge in [-0.15, -0.1) is 0 Å². The molecule has 0 aliphatic heterocycles. The van der Waals surface area contributed by atoms with E-state index in [9.17, 15) is 4.79 Å². The Balaban J connectivity index is 1.89. The zero-order chi connectivity index (χ0) is 17.1. The first-order valence-corrected chi connectivity index (χ1v) is 9.29. The van der Waals surface area contributed by atoms with Gasteiger partial charge in [-0.3, -0.25) is 9.79 Å². The highest BCUT2D eigenvalue weighted by molar-refractivity contribution is 6.00. The second-order valence-corrected chi connectivity index (χ2v) is 7.01. The van der Waals surface area contributed by atoms with Crippen molar-refractivity contribution in [2.75, 3.05) is 7.05 Å². The standard InChI is InChI=1S/C21H28N2O/c1-4-14-6-8-16(9-7-14)20(24)17-10-11-19-18(13-17)12-15(5-2)21(22-3)23-19/h10-14,16H,4-9H2,1-3H3,(H,22,23). The number of rotatable bonds is 4. The van der Waals surface area contributed by atoms with Gasteiger partial charge < -0.3 is 4.98 Å². The highest BCUT2D eigenvalue weighted by Crippen LogP contribution is 2.32. The minimum absolute atomic E-state index is 0.213. The normalized spacial score (nSPS) is 22.0. The van der Waals surface area contributed by atoms with Crippen LogP contribution in [0.1, 0.15) is 61.9 Å². The molecule has 3 heteroatoms. The third-order valence-corrected chi connectivity index (χ3v) is 5.62. The number of hydrogen-bond donors (Lipinski definition) is 1. The first-order chi connectivity index (χ1) is 11.7. The molecular weight excluding hydrogens is 296 g/mol. The van der Waals surface area contributed by atoms with Gasteiger partial charge in [0.1, 0.15) is 5.49 Å². The van der Waals surface area contributed by atoms with Gasteiger partial charge in [-0.2, -0.15) is 0 Å². The Morgan fingerprint density at radius 3 is 2.54 bits per heavy atom. The molecular formula is C21H28N2O. The number of carbonyl (C=O) groups excluding carboxylic acids is 1. The molecule has 2 aromatic rings. The molecule has 0 saturated heterocycles. The van der Waals surface area contributed by atoms with Crippen LogP contribution in [-0.4, -0.2) is 17.8 Å². The third kappa shape index (κ3) is 3.31. The van der Waals surface area contributed by atoms with Crippen LogP contribution in [0.4, 0.5) is 0 Å². The maximum Gasteiger partial charge on any atom is 0.165 e. The number of aromatic nitrogens is 1. The van der Waals surface area contributed by atoms with Crippen LogP contribution in [0.25, 0.3) is 10.9 Å². The molecule has 1 aliphatic carbocycles. The number of ketones is 1. The van der Waals surface area contributed by atoms with Crippen LogP contribution in [0.5, 0.6) is 0 Å². The Hall–Kier alpha value is -1.90. The van der Waals surface area contributed by atoms with Crippen molar-refractivity contribution >= 4 is 16.7 Å². The number of fused-ring (bicyclic) bond motifs is 1. The number of carbonyl (C=O) groups is 1. The minimum Gasteiger partial charge on any atom is -0.340 e. The zero-order valence-electron chi connectivity index (χ0n) is 15.1. The van der Waals surface area contributed by atoms with E-state index in [1.807, 2.05) is 12.1 Å². The summed E-state index contributed by atoms with van der Waals surface area (Å²) in [5.74, 6) is 1.36. The van der Waals surface area contributed by atoms with E-state index in [0.29, 0.717) is 5.78 Å². The highest BCUT2D eigenvalue weighted by atomic mass is 16.1. The predicted molar refractivity (Wildman–Crippen MR) is 99.2 cm³/mol. The summed E-state index contributed by atoms with van der Waals surface area (Å²) in [6.45, 7) is 4.39. The van der Waals surface area contributed by atoms with E-state index < -0.39 is 0 Å². The maximum absolute atomic E-state index is 12.9. The van der Waals surface area contributed by atoms with Gasteiger partial charge in [0.15, 0.2) is 5.78 Å². The first-order valence-electron chi connectivity index (χ1n) is 9.29. The number of Topliss-reactive ketones (excluding diaryl/α,β-unsaturated/α-hetero) is 1. The molecule has 1 heterocycles. The van der Waals surface area contributed by atoms with Gasteiger partial charge in [-0.25, -0.2) is 0 Å². The summed E-state index contributed by atoms with van der Waals surface area (Å²) >= 11 is 0. The van der Waals surface area contributed by atoms with E-state index in [0.717, 1.165) is 47.1 Å². The van der Waals surface area contributed by atoms with Crippen LogP contribution in [0.15, 0.2) is 29.3 Å². The number of H-pyrrole nitrogens is 1. The van der Waals surface area contributed by atoms with Crippen molar-refractivity contribution in [2.24, 2.45) is 16.8 Å². The fraction of sp³-hybridized carbons (Fsp3) is 0.524. The lowest BCUT2D eigenvalue weighted by molar-refractivity contribution is 0.0871. The Bertz CT molecular complexity index is 795. The molecule has 1 saturated carbocycles. The van der Waals surface area contributed by atoms with E-state index in [-0.39, 0.29) is 5.92 Å². The molecule has 1 aliphatic rings. The quantitative estimate of drug-likeness (QED) is 0.817. The summed E-state index contributed by atoms with van der Waals surface area (Å²) in [5.41, 5.74) is 4.03. The van der Waals surface area contributed by atoms with E-state index in [1.165, 1.54) is 24.8 Å². The molecule has 0 radical (unpaired) electrons. The monoisotopic (exact) mass is 324 g/mol. The summed E-state index contributed by atoms with van der Waals surface area (Å²) in [7, 11) is 1.81. The fourth-order valence-corrected chi connectivity index (χ4v) is 3.95. The highest BCUT2D eigenvalue weighted by Gasteiger charge is 2.26. The predicted octanol–water partition coefficient (Wildman–Crippen LogP) is 4.66. The van der Waals surface area contributed by atoms with Gasteiger partial charge in [0.05, 0.1) is 0 Å². The molecule has 0 atom stereocenters. The summed E-state index contributed by atoms with van der Waals surface area (Å²) in [5, 5.41) is 1.10. The number of nitrogens with zero attached hydrogens (tertiary/aromatic N) is 1. The molecule has 1 N–H and O–H groups in total. The topological polar surface area (TPSA) is 45.2 Å². The van der Waals surface area contributed by atoms with Gasteiger partial charge in [-0.05, 0) is 73.2 Å². The second kappa shape index (κ2) is 7.33. The minimum atomic E-state index is 0.213. The fourth-order valence-electron chi connectivity index (χ4n) is 3.95. The van der Waals surface area contributed by atoms with Crippen LogP contribution < -0.4 is 5.49 Å². The largest absolute Gasteiger partial charge is 0.340 e. The first kappa shape index (κ1) is 16.9. The van der Waals surface area contributed by atoms with Gasteiger partial charge in [0, 0.05) is 24.0 Å². The molecule has 1 fully saturated rings. The smallest absolute Gasteiger partial charge is 0.165 e. The van der Waals surface area contributed by atoms with Crippen LogP contribution in [-0.2, 0) is 6.42 Å². The molecule has 0 unspecified atom stereocenters. The van der Waals surface area contributed by atoms with Crippen LogP contribution in [0.3, 0.4) is 0 Å². The Kier molecular flexibility index (Phi) is 5.17. The molecule has 3 rings (SSSR count). The molecule has 0 bridgehead atoms. The van der Waals surface area contributed by atoms with Gasteiger partial charge in [0.25, 0.3) is 0 Å². The lowest BCUT2D eigenvalue weighted by Crippen LogP contribution is -2.22. The van der Waals surface area contributed by atoms with Crippen LogP contribution in [0.2, 0.25) is 0 Å². The van der Waals surface area contributed by atoms with E-state index in [1.54, 1.807) is 7.05 Å². The average Bonchev–Trinajstić information content (AvgIpc) is 2.65. The van der Waals surface area contributed by atoms with E-state index >= 15 is 0 Å². The number of aromatic amines is 1. The van der Waals surface area contributed by atoms with Crippen molar-refractivity contribution in [1.29, 1.82) is 0 Å². The van der Waals surface area contributed by atoms with Crippen molar-refractivity contribution in [3.8, 4) is 0 Å². The third-order valence-electron chi connectivity index (χ3n) is 5.62. The number of benzene rings is 1. The van der Waals surface area contributed by atoms with E-state index in [4.69, 9.17) is 0 Å². The van der Waals surface area contributed by atoms with Crippen LogP contribution in [0, 0.1) is 11.8 Å². The van der Waals surface area contributed by atoms with Crippen molar-refractivity contribution in [3.05, 3.63) is 40.9 Å². The lowest BCUT2D eigenvalue weighted by Gasteiger charge is -2.26.